The van der Waals surface area contributed by atoms with E-state index in [2.05, 4.69) is 19.2 Å². The molecule has 104 valence electrons. The summed E-state index contributed by atoms with van der Waals surface area (Å²) in [6.07, 6.45) is 5.11. The van der Waals surface area contributed by atoms with Gasteiger partial charge in [-0.05, 0) is 39.5 Å². The van der Waals surface area contributed by atoms with Gasteiger partial charge in [-0.25, -0.2) is 0 Å². The van der Waals surface area contributed by atoms with Crippen molar-refractivity contribution in [2.45, 2.75) is 70.7 Å². The predicted octanol–water partition coefficient (Wildman–Crippen LogP) is 1.54. The first-order valence-electron chi connectivity index (χ1n) is 7.21. The minimum Gasteiger partial charge on any atom is -0.375 e. The Hall–Kier alpha value is -0.610. The molecule has 0 aromatic heterocycles. The van der Waals surface area contributed by atoms with E-state index in [1.165, 1.54) is 0 Å². The van der Waals surface area contributed by atoms with Gasteiger partial charge in [-0.3, -0.25) is 4.79 Å². The lowest BCUT2D eigenvalue weighted by Crippen LogP contribution is -2.50. The molecule has 0 aromatic rings. The number of rotatable bonds is 2. The second kappa shape index (κ2) is 6.02. The van der Waals surface area contributed by atoms with Crippen LogP contribution in [0, 0.1) is 0 Å². The molecule has 0 aliphatic carbocycles. The Morgan fingerprint density at radius 2 is 1.67 bits per heavy atom. The van der Waals surface area contributed by atoms with Crippen LogP contribution in [0.15, 0.2) is 0 Å². The Labute approximate surface area is 110 Å². The lowest BCUT2D eigenvalue weighted by Gasteiger charge is -2.38. The van der Waals surface area contributed by atoms with Gasteiger partial charge in [-0.2, -0.15) is 0 Å². The van der Waals surface area contributed by atoms with E-state index in [9.17, 15) is 4.79 Å². The Morgan fingerprint density at radius 3 is 2.17 bits per heavy atom. The van der Waals surface area contributed by atoms with Crippen molar-refractivity contribution in [1.82, 2.24) is 10.2 Å². The van der Waals surface area contributed by atoms with E-state index in [1.54, 1.807) is 6.92 Å². The number of nitrogens with one attached hydrogen (secondary N) is 1. The Balaban J connectivity index is 1.75. The maximum Gasteiger partial charge on any atom is 0.219 e. The highest BCUT2D eigenvalue weighted by Crippen LogP contribution is 2.21. The van der Waals surface area contributed by atoms with E-state index in [0.717, 1.165) is 38.8 Å². The van der Waals surface area contributed by atoms with Gasteiger partial charge in [0.1, 0.15) is 0 Å². The van der Waals surface area contributed by atoms with Crippen LogP contribution in [0.25, 0.3) is 0 Å². The summed E-state index contributed by atoms with van der Waals surface area (Å²) < 4.78 is 5.76. The number of hydrogen-bond acceptors (Lipinski definition) is 3. The lowest BCUT2D eigenvalue weighted by molar-refractivity contribution is -0.129. The van der Waals surface area contributed by atoms with E-state index >= 15 is 0 Å². The van der Waals surface area contributed by atoms with E-state index in [-0.39, 0.29) is 5.91 Å². The quantitative estimate of drug-likeness (QED) is 0.813. The van der Waals surface area contributed by atoms with Crippen LogP contribution in [0.3, 0.4) is 0 Å². The van der Waals surface area contributed by atoms with Crippen molar-refractivity contribution in [2.24, 2.45) is 0 Å². The third kappa shape index (κ3) is 3.69. The van der Waals surface area contributed by atoms with Crippen LogP contribution in [0.2, 0.25) is 0 Å². The first-order chi connectivity index (χ1) is 8.54. The van der Waals surface area contributed by atoms with E-state index < -0.39 is 0 Å². The molecule has 0 radical (unpaired) electrons. The Kier molecular flexibility index (Phi) is 4.62. The van der Waals surface area contributed by atoms with Crippen molar-refractivity contribution in [2.75, 3.05) is 13.1 Å². The van der Waals surface area contributed by atoms with E-state index in [1.807, 2.05) is 4.90 Å². The fraction of sp³-hybridized carbons (Fsp3) is 0.929. The van der Waals surface area contributed by atoms with Crippen LogP contribution in [0.5, 0.6) is 0 Å². The molecule has 1 N–H and O–H groups in total. The number of hydrogen-bond donors (Lipinski definition) is 1. The van der Waals surface area contributed by atoms with Crippen molar-refractivity contribution < 1.29 is 9.53 Å². The number of carbonyl (C=O) groups excluding carboxylic acids is 1. The number of piperidine rings is 1. The topological polar surface area (TPSA) is 41.6 Å². The second-order valence-electron chi connectivity index (χ2n) is 5.87. The molecular weight excluding hydrogens is 228 g/mol. The van der Waals surface area contributed by atoms with Gasteiger partial charge >= 0.3 is 0 Å². The first-order valence-corrected chi connectivity index (χ1v) is 7.21. The Bertz CT molecular complexity index is 278. The molecule has 4 heteroatoms. The van der Waals surface area contributed by atoms with Crippen LogP contribution in [-0.2, 0) is 9.53 Å². The maximum absolute atomic E-state index is 11.3. The van der Waals surface area contributed by atoms with Crippen molar-refractivity contribution in [1.29, 1.82) is 0 Å². The summed E-state index contributed by atoms with van der Waals surface area (Å²) in [6, 6.07) is 1.15. The molecule has 1 amide bonds. The molecule has 2 aliphatic rings. The monoisotopic (exact) mass is 254 g/mol. The third-order valence-electron chi connectivity index (χ3n) is 4.11. The van der Waals surface area contributed by atoms with Crippen molar-refractivity contribution in [3.63, 3.8) is 0 Å². The van der Waals surface area contributed by atoms with Gasteiger partial charge in [0.2, 0.25) is 5.91 Å². The molecule has 2 saturated heterocycles. The van der Waals surface area contributed by atoms with Crippen LogP contribution >= 0.6 is 0 Å². The molecule has 0 aromatic carbocycles. The van der Waals surface area contributed by atoms with E-state index in [4.69, 9.17) is 4.74 Å². The van der Waals surface area contributed by atoms with Gasteiger partial charge in [0.25, 0.3) is 0 Å². The van der Waals surface area contributed by atoms with Crippen LogP contribution in [0.4, 0.5) is 0 Å². The van der Waals surface area contributed by atoms with Crippen molar-refractivity contribution >= 4 is 5.91 Å². The molecule has 2 rings (SSSR count). The SMILES string of the molecule is CC(=O)N1CCC(NC2CC(C)OC(C)C2)CC1. The van der Waals surface area contributed by atoms with Gasteiger partial charge in [0.05, 0.1) is 12.2 Å². The fourth-order valence-corrected chi connectivity index (χ4v) is 3.24. The van der Waals surface area contributed by atoms with Gasteiger partial charge in [-0.1, -0.05) is 0 Å². The molecule has 18 heavy (non-hydrogen) atoms. The third-order valence-corrected chi connectivity index (χ3v) is 4.11. The smallest absolute Gasteiger partial charge is 0.219 e. The van der Waals surface area contributed by atoms with Gasteiger partial charge in [0.15, 0.2) is 0 Å². The van der Waals surface area contributed by atoms with Gasteiger partial charge < -0.3 is 15.0 Å². The minimum atomic E-state index is 0.210. The number of carbonyl (C=O) groups is 1. The highest BCUT2D eigenvalue weighted by Gasteiger charge is 2.28. The lowest BCUT2D eigenvalue weighted by atomic mass is 9.96. The molecule has 4 nitrogen and oxygen atoms in total. The van der Waals surface area contributed by atoms with Gasteiger partial charge in [0, 0.05) is 32.1 Å². The van der Waals surface area contributed by atoms with Crippen LogP contribution in [0.1, 0.15) is 46.5 Å². The summed E-state index contributed by atoms with van der Waals surface area (Å²) >= 11 is 0. The molecule has 0 spiro atoms. The molecule has 2 unspecified atom stereocenters. The normalized spacial score (nSPS) is 34.6. The highest BCUT2D eigenvalue weighted by molar-refractivity contribution is 5.73. The zero-order chi connectivity index (χ0) is 13.1. The summed E-state index contributed by atoms with van der Waals surface area (Å²) in [4.78, 5) is 13.2. The largest absolute Gasteiger partial charge is 0.375 e. The van der Waals surface area contributed by atoms with Gasteiger partial charge in [-0.15, -0.1) is 0 Å². The number of ether oxygens (including phenoxy) is 1. The molecule has 0 bridgehead atoms. The van der Waals surface area contributed by atoms with Crippen molar-refractivity contribution in [3.05, 3.63) is 0 Å². The second-order valence-corrected chi connectivity index (χ2v) is 5.87. The number of amides is 1. The van der Waals surface area contributed by atoms with Crippen LogP contribution < -0.4 is 5.32 Å². The maximum atomic E-state index is 11.3. The molecule has 0 saturated carbocycles. The summed E-state index contributed by atoms with van der Waals surface area (Å²) in [5.41, 5.74) is 0. The first kappa shape index (κ1) is 13.8. The molecule has 2 fully saturated rings. The zero-order valence-corrected chi connectivity index (χ0v) is 11.8. The highest BCUT2D eigenvalue weighted by atomic mass is 16.5. The minimum absolute atomic E-state index is 0.210. The summed E-state index contributed by atoms with van der Waals surface area (Å²) in [5.74, 6) is 0.210. The number of nitrogens with zero attached hydrogens (tertiary/aromatic N) is 1. The molecule has 2 aliphatic heterocycles. The standard InChI is InChI=1S/C14H26N2O2/c1-10-8-14(9-11(2)18-10)15-13-4-6-16(7-5-13)12(3)17/h10-11,13-15H,4-9H2,1-3H3. The van der Waals surface area contributed by atoms with E-state index in [0.29, 0.717) is 24.3 Å². The predicted molar refractivity (Wildman–Crippen MR) is 71.4 cm³/mol. The summed E-state index contributed by atoms with van der Waals surface area (Å²) in [7, 11) is 0. The fourth-order valence-electron chi connectivity index (χ4n) is 3.24. The molecule has 2 heterocycles. The average Bonchev–Trinajstić information content (AvgIpc) is 2.28. The molecule has 2 atom stereocenters. The zero-order valence-electron chi connectivity index (χ0n) is 11.8. The Morgan fingerprint density at radius 1 is 1.11 bits per heavy atom. The molecular formula is C14H26N2O2. The average molecular weight is 254 g/mol. The van der Waals surface area contributed by atoms with Crippen LogP contribution in [-0.4, -0.2) is 48.2 Å². The summed E-state index contributed by atoms with van der Waals surface area (Å²) in [6.45, 7) is 7.78. The summed E-state index contributed by atoms with van der Waals surface area (Å²) in [5, 5.41) is 3.76. The number of likely N-dealkylation sites (tertiary alicyclic amines) is 1. The van der Waals surface area contributed by atoms with Crippen molar-refractivity contribution in [3.8, 4) is 0 Å².